The first-order chi connectivity index (χ1) is 12.6. The summed E-state index contributed by atoms with van der Waals surface area (Å²) in [4.78, 5) is 17.6. The standard InChI is InChI=1S/C21H24Cl2N2O.ClH/c1-2-24-13-11-20(12-14-24)25(19-9-7-18(23)8-10-19)21(26)15-16-3-5-17(22)6-4-16;/h3-10,20H,2,11-15H2,1H3;1H. The van der Waals surface area contributed by atoms with Crippen LogP contribution in [-0.2, 0) is 11.2 Å². The SMILES string of the molecule is CCN1CCC(N(C(=O)Cc2ccc(Cl)cc2)c2ccc(Cl)cc2)CC1.Cl. The molecule has 1 aliphatic rings. The smallest absolute Gasteiger partial charge is 0.231 e. The van der Waals surface area contributed by atoms with Crippen molar-refractivity contribution in [1.29, 1.82) is 0 Å². The maximum atomic E-state index is 13.2. The molecule has 1 fully saturated rings. The Morgan fingerprint density at radius 2 is 1.52 bits per heavy atom. The lowest BCUT2D eigenvalue weighted by atomic mass is 10.0. The van der Waals surface area contributed by atoms with Crippen LogP contribution in [0.3, 0.4) is 0 Å². The lowest BCUT2D eigenvalue weighted by Gasteiger charge is -2.38. The molecule has 146 valence electrons. The van der Waals surface area contributed by atoms with Crippen LogP contribution in [0.2, 0.25) is 10.0 Å². The molecule has 2 aromatic rings. The Labute approximate surface area is 177 Å². The number of benzene rings is 2. The number of carbonyl (C=O) groups is 1. The highest BCUT2D eigenvalue weighted by atomic mass is 35.5. The van der Waals surface area contributed by atoms with E-state index in [1.807, 2.05) is 53.4 Å². The van der Waals surface area contributed by atoms with Gasteiger partial charge in [0.2, 0.25) is 5.91 Å². The first-order valence-corrected chi connectivity index (χ1v) is 9.87. The summed E-state index contributed by atoms with van der Waals surface area (Å²) in [5, 5.41) is 1.36. The van der Waals surface area contributed by atoms with Gasteiger partial charge in [0.1, 0.15) is 0 Å². The highest BCUT2D eigenvalue weighted by Gasteiger charge is 2.28. The number of hydrogen-bond donors (Lipinski definition) is 0. The maximum Gasteiger partial charge on any atom is 0.231 e. The van der Waals surface area contributed by atoms with E-state index in [4.69, 9.17) is 23.2 Å². The zero-order valence-electron chi connectivity index (χ0n) is 15.4. The number of halogens is 3. The number of piperidine rings is 1. The van der Waals surface area contributed by atoms with Gasteiger partial charge < -0.3 is 9.80 Å². The van der Waals surface area contributed by atoms with Crippen LogP contribution in [0.1, 0.15) is 25.3 Å². The molecule has 1 amide bonds. The molecule has 0 atom stereocenters. The summed E-state index contributed by atoms with van der Waals surface area (Å²) in [6.45, 7) is 5.30. The van der Waals surface area contributed by atoms with Crippen LogP contribution in [-0.4, -0.2) is 36.5 Å². The number of carbonyl (C=O) groups excluding carboxylic acids is 1. The minimum absolute atomic E-state index is 0. The fourth-order valence-corrected chi connectivity index (χ4v) is 3.77. The van der Waals surface area contributed by atoms with Crippen molar-refractivity contribution in [3.05, 3.63) is 64.1 Å². The van der Waals surface area contributed by atoms with Gasteiger partial charge in [-0.1, -0.05) is 42.3 Å². The molecular formula is C21H25Cl3N2O. The van der Waals surface area contributed by atoms with Crippen LogP contribution in [0.4, 0.5) is 5.69 Å². The number of amides is 1. The largest absolute Gasteiger partial charge is 0.309 e. The summed E-state index contributed by atoms with van der Waals surface area (Å²) in [5.74, 6) is 0.115. The van der Waals surface area contributed by atoms with E-state index in [1.54, 1.807) is 0 Å². The van der Waals surface area contributed by atoms with Crippen molar-refractivity contribution in [3.63, 3.8) is 0 Å². The Morgan fingerprint density at radius 1 is 1.00 bits per heavy atom. The topological polar surface area (TPSA) is 23.6 Å². The monoisotopic (exact) mass is 426 g/mol. The molecule has 0 aromatic heterocycles. The molecule has 1 heterocycles. The second kappa shape index (κ2) is 10.3. The van der Waals surface area contributed by atoms with Crippen molar-refractivity contribution in [2.45, 2.75) is 32.2 Å². The van der Waals surface area contributed by atoms with E-state index in [0.717, 1.165) is 43.7 Å². The average molecular weight is 428 g/mol. The molecule has 2 aromatic carbocycles. The van der Waals surface area contributed by atoms with Crippen LogP contribution >= 0.6 is 35.6 Å². The molecule has 0 spiro atoms. The number of likely N-dealkylation sites (tertiary alicyclic amines) is 1. The van der Waals surface area contributed by atoms with E-state index in [9.17, 15) is 4.79 Å². The lowest BCUT2D eigenvalue weighted by molar-refractivity contribution is -0.118. The Balaban J connectivity index is 0.00000261. The molecule has 1 saturated heterocycles. The third-order valence-corrected chi connectivity index (χ3v) is 5.52. The van der Waals surface area contributed by atoms with E-state index in [0.29, 0.717) is 16.5 Å². The first-order valence-electron chi connectivity index (χ1n) is 9.11. The van der Waals surface area contributed by atoms with Crippen LogP contribution in [0.25, 0.3) is 0 Å². The summed E-state index contributed by atoms with van der Waals surface area (Å²) in [6.07, 6.45) is 2.35. The molecule has 3 nitrogen and oxygen atoms in total. The minimum Gasteiger partial charge on any atom is -0.309 e. The van der Waals surface area contributed by atoms with Gasteiger partial charge in [-0.25, -0.2) is 0 Å². The predicted molar refractivity (Wildman–Crippen MR) is 116 cm³/mol. The van der Waals surface area contributed by atoms with Gasteiger partial charge in [-0.15, -0.1) is 12.4 Å². The number of rotatable bonds is 5. The van der Waals surface area contributed by atoms with Crippen molar-refractivity contribution in [1.82, 2.24) is 4.90 Å². The van der Waals surface area contributed by atoms with Crippen molar-refractivity contribution >= 4 is 47.2 Å². The van der Waals surface area contributed by atoms with Crippen LogP contribution in [0, 0.1) is 0 Å². The molecule has 27 heavy (non-hydrogen) atoms. The summed E-state index contributed by atoms with van der Waals surface area (Å²) >= 11 is 12.0. The molecule has 6 heteroatoms. The Hall–Kier alpha value is -1.26. The summed E-state index contributed by atoms with van der Waals surface area (Å²) < 4.78 is 0. The lowest BCUT2D eigenvalue weighted by Crippen LogP contribution is -2.48. The van der Waals surface area contributed by atoms with E-state index in [1.165, 1.54) is 0 Å². The predicted octanol–water partition coefficient (Wildman–Crippen LogP) is 5.48. The van der Waals surface area contributed by atoms with Crippen LogP contribution in [0.15, 0.2) is 48.5 Å². The number of hydrogen-bond acceptors (Lipinski definition) is 2. The first kappa shape index (κ1) is 22.0. The molecular weight excluding hydrogens is 403 g/mol. The third-order valence-electron chi connectivity index (χ3n) is 5.01. The molecule has 0 aliphatic carbocycles. The van der Waals surface area contributed by atoms with Crippen molar-refractivity contribution in [2.75, 3.05) is 24.5 Å². The minimum atomic E-state index is 0. The second-order valence-corrected chi connectivity index (χ2v) is 7.58. The van der Waals surface area contributed by atoms with E-state index in [2.05, 4.69) is 11.8 Å². The molecule has 0 radical (unpaired) electrons. The van der Waals surface area contributed by atoms with Gasteiger partial charge in [0.25, 0.3) is 0 Å². The molecule has 0 bridgehead atoms. The van der Waals surface area contributed by atoms with Gasteiger partial charge in [-0.3, -0.25) is 4.79 Å². The summed E-state index contributed by atoms with van der Waals surface area (Å²) in [5.41, 5.74) is 1.90. The number of anilines is 1. The molecule has 0 saturated carbocycles. The molecule has 1 aliphatic heterocycles. The van der Waals surface area contributed by atoms with Gasteiger partial charge >= 0.3 is 0 Å². The molecule has 3 rings (SSSR count). The van der Waals surface area contributed by atoms with Crippen LogP contribution in [0.5, 0.6) is 0 Å². The zero-order chi connectivity index (χ0) is 18.5. The quantitative estimate of drug-likeness (QED) is 0.631. The van der Waals surface area contributed by atoms with Gasteiger partial charge in [-0.05, 0) is 61.3 Å². The van der Waals surface area contributed by atoms with Crippen molar-refractivity contribution < 1.29 is 4.79 Å². The van der Waals surface area contributed by atoms with Crippen molar-refractivity contribution in [3.8, 4) is 0 Å². The molecule has 0 unspecified atom stereocenters. The normalized spacial score (nSPS) is 15.2. The van der Waals surface area contributed by atoms with Gasteiger partial charge in [0, 0.05) is 34.9 Å². The van der Waals surface area contributed by atoms with E-state index >= 15 is 0 Å². The Kier molecular flexibility index (Phi) is 8.43. The van der Waals surface area contributed by atoms with Gasteiger partial charge in [0.05, 0.1) is 6.42 Å². The second-order valence-electron chi connectivity index (χ2n) is 6.71. The van der Waals surface area contributed by atoms with Gasteiger partial charge in [0.15, 0.2) is 0 Å². The van der Waals surface area contributed by atoms with Crippen molar-refractivity contribution in [2.24, 2.45) is 0 Å². The fraction of sp³-hybridized carbons (Fsp3) is 0.381. The van der Waals surface area contributed by atoms with Gasteiger partial charge in [-0.2, -0.15) is 0 Å². The highest BCUT2D eigenvalue weighted by Crippen LogP contribution is 2.26. The highest BCUT2D eigenvalue weighted by molar-refractivity contribution is 6.30. The Bertz CT molecular complexity index is 726. The summed E-state index contributed by atoms with van der Waals surface area (Å²) in [6, 6.07) is 15.3. The number of nitrogens with zero attached hydrogens (tertiary/aromatic N) is 2. The van der Waals surface area contributed by atoms with E-state index in [-0.39, 0.29) is 24.4 Å². The molecule has 0 N–H and O–H groups in total. The average Bonchev–Trinajstić information content (AvgIpc) is 2.66. The maximum absolute atomic E-state index is 13.2. The Morgan fingerprint density at radius 3 is 2.04 bits per heavy atom. The van der Waals surface area contributed by atoms with Crippen LogP contribution < -0.4 is 4.90 Å². The fourth-order valence-electron chi connectivity index (χ4n) is 3.52. The zero-order valence-corrected chi connectivity index (χ0v) is 17.7. The summed E-state index contributed by atoms with van der Waals surface area (Å²) in [7, 11) is 0. The third kappa shape index (κ3) is 5.86. The van der Waals surface area contributed by atoms with E-state index < -0.39 is 0 Å².